The lowest BCUT2D eigenvalue weighted by Crippen LogP contribution is -2.49. The number of nitrogens with one attached hydrogen (secondary N) is 2. The van der Waals surface area contributed by atoms with Crippen molar-refractivity contribution in [2.75, 3.05) is 10.2 Å². The van der Waals surface area contributed by atoms with E-state index in [-0.39, 0.29) is 18.7 Å². The molecule has 0 saturated carbocycles. The molecule has 0 spiro atoms. The Labute approximate surface area is 208 Å². The number of thiazole rings is 1. The molecule has 0 saturated heterocycles. The molecule has 0 aliphatic rings. The van der Waals surface area contributed by atoms with E-state index < -0.39 is 29.2 Å². The minimum atomic E-state index is -1.06. The normalized spacial score (nSPS) is 12.0. The highest BCUT2D eigenvalue weighted by Crippen LogP contribution is 2.32. The average Bonchev–Trinajstić information content (AvgIpc) is 3.29. The van der Waals surface area contributed by atoms with Gasteiger partial charge in [0, 0.05) is 35.6 Å². The van der Waals surface area contributed by atoms with Crippen molar-refractivity contribution in [3.63, 3.8) is 0 Å². The number of para-hydroxylation sites is 1. The Hall–Kier alpha value is -3.59. The lowest BCUT2D eigenvalue weighted by atomic mass is 9.99. The summed E-state index contributed by atoms with van der Waals surface area (Å²) in [7, 11) is 0. The van der Waals surface area contributed by atoms with Crippen LogP contribution in [-0.2, 0) is 14.4 Å². The van der Waals surface area contributed by atoms with E-state index in [0.29, 0.717) is 16.4 Å². The number of carbonyl (C=O) groups excluding carboxylic acids is 3. The van der Waals surface area contributed by atoms with Gasteiger partial charge < -0.3 is 10.6 Å². The lowest BCUT2D eigenvalue weighted by Gasteiger charge is -2.34. The number of aryl methyl sites for hydroxylation is 1. The Morgan fingerprint density at radius 2 is 1.74 bits per heavy atom. The van der Waals surface area contributed by atoms with Crippen LogP contribution in [0.5, 0.6) is 0 Å². The summed E-state index contributed by atoms with van der Waals surface area (Å²) in [6.45, 7) is 7.37. The Morgan fingerprint density at radius 3 is 2.34 bits per heavy atom. The zero-order valence-corrected chi connectivity index (χ0v) is 21.0. The third kappa shape index (κ3) is 7.19. The Morgan fingerprint density at radius 1 is 1.06 bits per heavy atom. The number of halogens is 1. The highest BCUT2D eigenvalue weighted by atomic mass is 32.1. The van der Waals surface area contributed by atoms with Crippen LogP contribution in [0.3, 0.4) is 0 Å². The van der Waals surface area contributed by atoms with Crippen molar-refractivity contribution in [2.45, 2.75) is 52.1 Å². The van der Waals surface area contributed by atoms with Gasteiger partial charge in [-0.25, -0.2) is 9.37 Å². The van der Waals surface area contributed by atoms with Gasteiger partial charge in [-0.2, -0.15) is 0 Å². The van der Waals surface area contributed by atoms with E-state index in [9.17, 15) is 18.8 Å². The molecule has 1 aromatic heterocycles. The molecule has 0 bridgehead atoms. The van der Waals surface area contributed by atoms with Gasteiger partial charge in [-0.1, -0.05) is 30.3 Å². The summed E-state index contributed by atoms with van der Waals surface area (Å²) in [6.07, 6.45) is 1.36. The Bertz CT molecular complexity index is 1170. The first kappa shape index (κ1) is 26.0. The van der Waals surface area contributed by atoms with Crippen LogP contribution < -0.4 is 15.5 Å². The van der Waals surface area contributed by atoms with Crippen molar-refractivity contribution in [1.82, 2.24) is 10.3 Å². The van der Waals surface area contributed by atoms with Crippen LogP contribution in [0, 0.1) is 12.7 Å². The van der Waals surface area contributed by atoms with Gasteiger partial charge in [0.25, 0.3) is 0 Å². The van der Waals surface area contributed by atoms with E-state index in [0.717, 1.165) is 5.56 Å². The summed E-state index contributed by atoms with van der Waals surface area (Å²) in [5.41, 5.74) is 1.21. The zero-order valence-electron chi connectivity index (χ0n) is 20.2. The van der Waals surface area contributed by atoms with Gasteiger partial charge in [-0.05, 0) is 57.0 Å². The molecule has 2 N–H and O–H groups in total. The molecule has 1 unspecified atom stereocenters. The van der Waals surface area contributed by atoms with Crippen molar-refractivity contribution in [2.24, 2.45) is 0 Å². The molecule has 0 aliphatic heterocycles. The number of hydrogen-bond donors (Lipinski definition) is 2. The quantitative estimate of drug-likeness (QED) is 0.459. The minimum Gasteiger partial charge on any atom is -0.349 e. The molecule has 1 atom stereocenters. The minimum absolute atomic E-state index is 0.0855. The van der Waals surface area contributed by atoms with Crippen molar-refractivity contribution in [3.05, 3.63) is 77.1 Å². The van der Waals surface area contributed by atoms with Gasteiger partial charge in [-0.3, -0.25) is 19.3 Å². The maximum absolute atomic E-state index is 13.7. The fourth-order valence-electron chi connectivity index (χ4n) is 3.56. The second kappa shape index (κ2) is 11.2. The molecule has 35 heavy (non-hydrogen) atoms. The summed E-state index contributed by atoms with van der Waals surface area (Å²) in [5, 5.41) is 7.79. The van der Waals surface area contributed by atoms with Crippen molar-refractivity contribution in [1.29, 1.82) is 0 Å². The first-order valence-corrected chi connectivity index (χ1v) is 12.1. The summed E-state index contributed by atoms with van der Waals surface area (Å²) < 4.78 is 13.7. The molecule has 184 valence electrons. The Balaban J connectivity index is 1.97. The van der Waals surface area contributed by atoms with Crippen LogP contribution in [0.25, 0.3) is 0 Å². The van der Waals surface area contributed by atoms with E-state index in [1.807, 2.05) is 39.8 Å². The van der Waals surface area contributed by atoms with Gasteiger partial charge >= 0.3 is 0 Å². The SMILES string of the molecule is Cc1ccccc1N(C(=O)CCC(=O)Nc1nccs1)C(C(=O)NC(C)(C)C)c1ccc(F)cc1. The molecule has 3 aromatic rings. The first-order chi connectivity index (χ1) is 16.5. The lowest BCUT2D eigenvalue weighted by molar-refractivity contribution is -0.128. The molecule has 0 aliphatic carbocycles. The van der Waals surface area contributed by atoms with E-state index >= 15 is 0 Å². The van der Waals surface area contributed by atoms with E-state index in [1.54, 1.807) is 23.7 Å². The molecule has 2 aromatic carbocycles. The van der Waals surface area contributed by atoms with Crippen LogP contribution in [0.4, 0.5) is 15.2 Å². The number of aromatic nitrogens is 1. The molecular formula is C26H29FN4O3S. The number of anilines is 2. The smallest absolute Gasteiger partial charge is 0.248 e. The summed E-state index contributed by atoms with van der Waals surface area (Å²) >= 11 is 1.28. The number of rotatable bonds is 8. The molecule has 1 heterocycles. The highest BCUT2D eigenvalue weighted by Gasteiger charge is 2.35. The maximum atomic E-state index is 13.7. The first-order valence-electron chi connectivity index (χ1n) is 11.2. The van der Waals surface area contributed by atoms with E-state index in [1.165, 1.54) is 40.5 Å². The van der Waals surface area contributed by atoms with Gasteiger partial charge in [-0.15, -0.1) is 11.3 Å². The monoisotopic (exact) mass is 496 g/mol. The molecule has 0 radical (unpaired) electrons. The van der Waals surface area contributed by atoms with Crippen LogP contribution in [-0.4, -0.2) is 28.2 Å². The van der Waals surface area contributed by atoms with Crippen molar-refractivity contribution >= 4 is 39.9 Å². The molecule has 3 amide bonds. The van der Waals surface area contributed by atoms with E-state index in [2.05, 4.69) is 15.6 Å². The topological polar surface area (TPSA) is 91.4 Å². The molecular weight excluding hydrogens is 467 g/mol. The van der Waals surface area contributed by atoms with Crippen LogP contribution >= 0.6 is 11.3 Å². The third-order valence-electron chi connectivity index (χ3n) is 5.08. The van der Waals surface area contributed by atoms with Crippen LogP contribution in [0.1, 0.15) is 50.8 Å². The molecule has 0 fully saturated rings. The van der Waals surface area contributed by atoms with E-state index in [4.69, 9.17) is 0 Å². The van der Waals surface area contributed by atoms with Gasteiger partial charge in [0.1, 0.15) is 11.9 Å². The fraction of sp³-hybridized carbons (Fsp3) is 0.308. The average molecular weight is 497 g/mol. The van der Waals surface area contributed by atoms with Crippen LogP contribution in [0.2, 0.25) is 0 Å². The summed E-state index contributed by atoms with van der Waals surface area (Å²) in [6, 6.07) is 11.7. The fourth-order valence-corrected chi connectivity index (χ4v) is 4.10. The second-order valence-electron chi connectivity index (χ2n) is 9.13. The molecule has 7 nitrogen and oxygen atoms in total. The van der Waals surface area contributed by atoms with Gasteiger partial charge in [0.2, 0.25) is 17.7 Å². The highest BCUT2D eigenvalue weighted by molar-refractivity contribution is 7.13. The number of carbonyl (C=O) groups is 3. The van der Waals surface area contributed by atoms with Crippen LogP contribution in [0.15, 0.2) is 60.1 Å². The number of nitrogens with zero attached hydrogens (tertiary/aromatic N) is 2. The maximum Gasteiger partial charge on any atom is 0.248 e. The number of benzene rings is 2. The second-order valence-corrected chi connectivity index (χ2v) is 10.0. The standard InChI is InChI=1S/C26H29FN4O3S/c1-17-7-5-6-8-20(17)31(22(33)14-13-21(32)29-25-28-15-16-35-25)23(24(34)30-26(2,3)4)18-9-11-19(27)12-10-18/h5-12,15-16,23H,13-14H2,1-4H3,(H,30,34)(H,28,29,32). The Kier molecular flexibility index (Phi) is 8.34. The molecule has 9 heteroatoms. The van der Waals surface area contributed by atoms with Crippen molar-refractivity contribution in [3.8, 4) is 0 Å². The largest absolute Gasteiger partial charge is 0.349 e. The predicted molar refractivity (Wildman–Crippen MR) is 136 cm³/mol. The van der Waals surface area contributed by atoms with Crippen molar-refractivity contribution < 1.29 is 18.8 Å². The zero-order chi connectivity index (χ0) is 25.6. The summed E-state index contributed by atoms with van der Waals surface area (Å²) in [4.78, 5) is 45.0. The summed E-state index contributed by atoms with van der Waals surface area (Å²) in [5.74, 6) is -1.62. The molecule has 3 rings (SSSR count). The number of hydrogen-bond acceptors (Lipinski definition) is 5. The number of amides is 3. The predicted octanol–water partition coefficient (Wildman–Crippen LogP) is 5.00. The van der Waals surface area contributed by atoms with Gasteiger partial charge in [0.05, 0.1) is 0 Å². The van der Waals surface area contributed by atoms with Gasteiger partial charge in [0.15, 0.2) is 5.13 Å². The third-order valence-corrected chi connectivity index (χ3v) is 5.77.